The molecule has 0 unspecified atom stereocenters. The van der Waals surface area contributed by atoms with Crippen LogP contribution in [0.15, 0.2) is 36.5 Å². The van der Waals surface area contributed by atoms with Gasteiger partial charge in [0.2, 0.25) is 0 Å². The predicted molar refractivity (Wildman–Crippen MR) is 68.2 cm³/mol. The normalized spacial score (nSPS) is 11.2. The Kier molecular flexibility index (Phi) is 3.84. The van der Waals surface area contributed by atoms with Crippen LogP contribution in [0.4, 0.5) is 13.2 Å². The molecule has 1 heterocycles. The maximum absolute atomic E-state index is 12.6. The first-order valence-corrected chi connectivity index (χ1v) is 5.78. The number of hydrogen-bond donors (Lipinski definition) is 1. The van der Waals surface area contributed by atoms with Crippen LogP contribution in [0, 0.1) is 0 Å². The molecule has 0 atom stereocenters. The van der Waals surface area contributed by atoms with Crippen LogP contribution in [-0.2, 0) is 6.18 Å². The van der Waals surface area contributed by atoms with E-state index in [-0.39, 0.29) is 5.69 Å². The third-order valence-electron chi connectivity index (χ3n) is 2.81. The average Bonchev–Trinajstić information content (AvgIpc) is 2.45. The molecular weight excluding hydrogens is 287 g/mol. The Labute approximate surface area is 117 Å². The van der Waals surface area contributed by atoms with E-state index in [0.29, 0.717) is 23.6 Å². The number of pyridine rings is 1. The third kappa shape index (κ3) is 3.13. The number of methoxy groups -OCH3 is 1. The van der Waals surface area contributed by atoms with Crippen molar-refractivity contribution in [3.8, 4) is 17.0 Å². The Bertz CT molecular complexity index is 666. The van der Waals surface area contributed by atoms with Gasteiger partial charge in [-0.25, -0.2) is 4.79 Å². The number of carbonyl (C=O) groups is 1. The fourth-order valence-electron chi connectivity index (χ4n) is 1.76. The molecule has 0 saturated heterocycles. The summed E-state index contributed by atoms with van der Waals surface area (Å²) in [5.74, 6) is -0.929. The number of carboxylic acid groups (broad SMARTS) is 1. The van der Waals surface area contributed by atoms with Crippen LogP contribution in [0.25, 0.3) is 11.3 Å². The molecule has 7 heteroatoms. The quantitative estimate of drug-likeness (QED) is 0.942. The number of aromatic nitrogens is 1. The monoisotopic (exact) mass is 297 g/mol. The van der Waals surface area contributed by atoms with Crippen molar-refractivity contribution in [2.75, 3.05) is 7.11 Å². The molecule has 4 nitrogen and oxygen atoms in total. The number of carboxylic acids is 1. The zero-order valence-electron chi connectivity index (χ0n) is 10.8. The minimum atomic E-state index is -4.64. The van der Waals surface area contributed by atoms with Crippen molar-refractivity contribution in [3.05, 3.63) is 47.7 Å². The van der Waals surface area contributed by atoms with Crippen molar-refractivity contribution in [2.45, 2.75) is 6.18 Å². The molecule has 1 aromatic carbocycles. The van der Waals surface area contributed by atoms with E-state index < -0.39 is 23.3 Å². The number of aromatic carboxylic acids is 1. The van der Waals surface area contributed by atoms with E-state index in [1.54, 1.807) is 12.1 Å². The Morgan fingerprint density at radius 2 is 1.86 bits per heavy atom. The first kappa shape index (κ1) is 14.8. The van der Waals surface area contributed by atoms with Crippen molar-refractivity contribution < 1.29 is 27.8 Å². The molecule has 0 aliphatic rings. The second kappa shape index (κ2) is 5.43. The van der Waals surface area contributed by atoms with E-state index in [9.17, 15) is 18.0 Å². The lowest BCUT2D eigenvalue weighted by atomic mass is 10.0. The molecule has 0 fully saturated rings. The van der Waals surface area contributed by atoms with Gasteiger partial charge in [0.1, 0.15) is 5.75 Å². The molecule has 0 aliphatic carbocycles. The summed E-state index contributed by atoms with van der Waals surface area (Å²) in [5, 5.41) is 9.09. The van der Waals surface area contributed by atoms with Crippen molar-refractivity contribution in [2.24, 2.45) is 0 Å². The van der Waals surface area contributed by atoms with E-state index >= 15 is 0 Å². The number of nitrogens with zero attached hydrogens (tertiary/aromatic N) is 1. The van der Waals surface area contributed by atoms with Gasteiger partial charge < -0.3 is 9.84 Å². The summed E-state index contributed by atoms with van der Waals surface area (Å²) in [6.07, 6.45) is -4.03. The van der Waals surface area contributed by atoms with E-state index in [4.69, 9.17) is 9.84 Å². The minimum Gasteiger partial charge on any atom is -0.497 e. The van der Waals surface area contributed by atoms with Crippen LogP contribution in [0.2, 0.25) is 0 Å². The van der Waals surface area contributed by atoms with Crippen molar-refractivity contribution >= 4 is 5.97 Å². The van der Waals surface area contributed by atoms with Gasteiger partial charge in [-0.15, -0.1) is 0 Å². The van der Waals surface area contributed by atoms with Crippen LogP contribution in [0.5, 0.6) is 5.75 Å². The summed E-state index contributed by atoms with van der Waals surface area (Å²) >= 11 is 0. The van der Waals surface area contributed by atoms with Crippen molar-refractivity contribution in [1.82, 2.24) is 4.98 Å². The molecule has 1 N–H and O–H groups in total. The summed E-state index contributed by atoms with van der Waals surface area (Å²) in [7, 11) is 1.47. The lowest BCUT2D eigenvalue weighted by Gasteiger charge is -2.10. The SMILES string of the molecule is COc1ccc(-c2ncc(C(F)(F)F)cc2C(=O)O)cc1. The van der Waals surface area contributed by atoms with Gasteiger partial charge in [-0.3, -0.25) is 4.98 Å². The van der Waals surface area contributed by atoms with Gasteiger partial charge >= 0.3 is 12.1 Å². The highest BCUT2D eigenvalue weighted by atomic mass is 19.4. The molecule has 110 valence electrons. The van der Waals surface area contributed by atoms with E-state index in [1.165, 1.54) is 19.2 Å². The Hall–Kier alpha value is -2.57. The second-order valence-corrected chi connectivity index (χ2v) is 4.15. The van der Waals surface area contributed by atoms with E-state index in [2.05, 4.69) is 4.98 Å². The molecule has 0 bridgehead atoms. The molecule has 2 rings (SSSR count). The molecule has 0 amide bonds. The van der Waals surface area contributed by atoms with E-state index in [0.717, 1.165) is 0 Å². The van der Waals surface area contributed by atoms with Crippen LogP contribution in [0.1, 0.15) is 15.9 Å². The number of hydrogen-bond acceptors (Lipinski definition) is 3. The smallest absolute Gasteiger partial charge is 0.417 e. The van der Waals surface area contributed by atoms with Crippen molar-refractivity contribution in [3.63, 3.8) is 0 Å². The summed E-state index contributed by atoms with van der Waals surface area (Å²) in [5.41, 5.74) is -1.24. The number of rotatable bonds is 3. The number of ether oxygens (including phenoxy) is 1. The zero-order chi connectivity index (χ0) is 15.6. The maximum Gasteiger partial charge on any atom is 0.417 e. The summed E-state index contributed by atoms with van der Waals surface area (Å²) < 4.78 is 42.8. The standard InChI is InChI=1S/C14H10F3NO3/c1-21-10-4-2-8(3-5-10)12-11(13(19)20)6-9(7-18-12)14(15,16)17/h2-7H,1H3,(H,19,20). The van der Waals surface area contributed by atoms with Gasteiger partial charge in [0.15, 0.2) is 0 Å². The largest absolute Gasteiger partial charge is 0.497 e. The number of halogens is 3. The molecular formula is C14H10F3NO3. The summed E-state index contributed by atoms with van der Waals surface area (Å²) in [6, 6.07) is 6.78. The van der Waals surface area contributed by atoms with Gasteiger partial charge in [0.05, 0.1) is 23.9 Å². The Morgan fingerprint density at radius 3 is 2.33 bits per heavy atom. The Morgan fingerprint density at radius 1 is 1.24 bits per heavy atom. The van der Waals surface area contributed by atoms with Gasteiger partial charge in [0, 0.05) is 11.8 Å². The second-order valence-electron chi connectivity index (χ2n) is 4.15. The maximum atomic E-state index is 12.6. The highest BCUT2D eigenvalue weighted by Crippen LogP contribution is 2.32. The fourth-order valence-corrected chi connectivity index (χ4v) is 1.76. The zero-order valence-corrected chi connectivity index (χ0v) is 10.8. The third-order valence-corrected chi connectivity index (χ3v) is 2.81. The lowest BCUT2D eigenvalue weighted by Crippen LogP contribution is -2.10. The summed E-state index contributed by atoms with van der Waals surface area (Å²) in [4.78, 5) is 14.8. The van der Waals surface area contributed by atoms with Gasteiger partial charge in [-0.2, -0.15) is 13.2 Å². The molecule has 0 radical (unpaired) electrons. The number of benzene rings is 1. The number of alkyl halides is 3. The first-order chi connectivity index (χ1) is 9.82. The fraction of sp³-hybridized carbons (Fsp3) is 0.143. The molecule has 21 heavy (non-hydrogen) atoms. The van der Waals surface area contributed by atoms with Gasteiger partial charge in [0.25, 0.3) is 0 Å². The van der Waals surface area contributed by atoms with Crippen molar-refractivity contribution in [1.29, 1.82) is 0 Å². The molecule has 0 saturated carbocycles. The summed E-state index contributed by atoms with van der Waals surface area (Å²) in [6.45, 7) is 0. The Balaban J connectivity index is 2.54. The van der Waals surface area contributed by atoms with Gasteiger partial charge in [-0.05, 0) is 30.3 Å². The molecule has 0 spiro atoms. The average molecular weight is 297 g/mol. The highest BCUT2D eigenvalue weighted by molar-refractivity contribution is 5.95. The van der Waals surface area contributed by atoms with Crippen LogP contribution in [0.3, 0.4) is 0 Å². The van der Waals surface area contributed by atoms with E-state index in [1.807, 2.05) is 0 Å². The van der Waals surface area contributed by atoms with Crippen LogP contribution in [-0.4, -0.2) is 23.2 Å². The molecule has 1 aromatic heterocycles. The molecule has 0 aliphatic heterocycles. The highest BCUT2D eigenvalue weighted by Gasteiger charge is 2.32. The minimum absolute atomic E-state index is 0.0295. The van der Waals surface area contributed by atoms with Crippen LogP contribution >= 0.6 is 0 Å². The first-order valence-electron chi connectivity index (χ1n) is 5.78. The van der Waals surface area contributed by atoms with Gasteiger partial charge in [-0.1, -0.05) is 0 Å². The van der Waals surface area contributed by atoms with Crippen LogP contribution < -0.4 is 4.74 Å². The predicted octanol–water partition coefficient (Wildman–Crippen LogP) is 3.47. The lowest BCUT2D eigenvalue weighted by molar-refractivity contribution is -0.137. The topological polar surface area (TPSA) is 59.4 Å². The molecule has 2 aromatic rings.